The van der Waals surface area contributed by atoms with Crippen LogP contribution in [-0.4, -0.2) is 5.91 Å². The van der Waals surface area contributed by atoms with Crippen molar-refractivity contribution in [2.24, 2.45) is 11.7 Å². The number of carbonyl (C=O) groups excluding carboxylic acids is 1. The number of carbonyl (C=O) groups is 1. The lowest BCUT2D eigenvalue weighted by molar-refractivity contribution is -0.114. The molecule has 3 N–H and O–H groups in total. The lowest BCUT2D eigenvalue weighted by Gasteiger charge is -2.18. The Morgan fingerprint density at radius 1 is 1.38 bits per heavy atom. The zero-order chi connectivity index (χ0) is 12.1. The summed E-state index contributed by atoms with van der Waals surface area (Å²) in [5.74, 6) is 0.408. The molecule has 1 rings (SSSR count). The van der Waals surface area contributed by atoms with Gasteiger partial charge in [0.1, 0.15) is 0 Å². The van der Waals surface area contributed by atoms with Crippen molar-refractivity contribution in [3.63, 3.8) is 0 Å². The first-order valence-electron chi connectivity index (χ1n) is 5.67. The van der Waals surface area contributed by atoms with E-state index in [1.54, 1.807) is 0 Å². The molecule has 1 amide bonds. The van der Waals surface area contributed by atoms with Crippen LogP contribution in [-0.2, 0) is 4.79 Å². The van der Waals surface area contributed by atoms with Crippen molar-refractivity contribution in [3.8, 4) is 0 Å². The molecule has 0 spiro atoms. The van der Waals surface area contributed by atoms with Crippen LogP contribution >= 0.6 is 0 Å². The normalized spacial score (nSPS) is 14.2. The van der Waals surface area contributed by atoms with Crippen LogP contribution in [0.15, 0.2) is 24.3 Å². The zero-order valence-corrected chi connectivity index (χ0v) is 10.2. The number of anilines is 1. The molecule has 1 unspecified atom stereocenters. The van der Waals surface area contributed by atoms with Crippen LogP contribution in [0.25, 0.3) is 0 Å². The number of hydrogen-bond acceptors (Lipinski definition) is 2. The SMILES string of the molecule is CCC(C)[C@H](N)c1ccc(NC(C)=O)cc1. The molecule has 0 saturated heterocycles. The second-order valence-electron chi connectivity index (χ2n) is 4.21. The summed E-state index contributed by atoms with van der Waals surface area (Å²) in [6, 6.07) is 7.79. The fourth-order valence-electron chi connectivity index (χ4n) is 1.57. The van der Waals surface area contributed by atoms with E-state index < -0.39 is 0 Å². The van der Waals surface area contributed by atoms with Gasteiger partial charge >= 0.3 is 0 Å². The molecule has 0 fully saturated rings. The zero-order valence-electron chi connectivity index (χ0n) is 10.2. The summed E-state index contributed by atoms with van der Waals surface area (Å²) in [7, 11) is 0. The summed E-state index contributed by atoms with van der Waals surface area (Å²) in [6.45, 7) is 5.78. The number of amides is 1. The first-order chi connectivity index (χ1) is 7.54. The smallest absolute Gasteiger partial charge is 0.221 e. The topological polar surface area (TPSA) is 55.1 Å². The van der Waals surface area contributed by atoms with E-state index in [-0.39, 0.29) is 11.9 Å². The van der Waals surface area contributed by atoms with Gasteiger partial charge in [0.25, 0.3) is 0 Å². The van der Waals surface area contributed by atoms with Crippen LogP contribution in [0.2, 0.25) is 0 Å². The van der Waals surface area contributed by atoms with Crippen LogP contribution in [0.3, 0.4) is 0 Å². The van der Waals surface area contributed by atoms with Crippen LogP contribution < -0.4 is 11.1 Å². The molecule has 3 nitrogen and oxygen atoms in total. The van der Waals surface area contributed by atoms with Crippen molar-refractivity contribution in [3.05, 3.63) is 29.8 Å². The highest BCUT2D eigenvalue weighted by Gasteiger charge is 2.12. The van der Waals surface area contributed by atoms with Crippen molar-refractivity contribution in [2.75, 3.05) is 5.32 Å². The molecular formula is C13H20N2O. The van der Waals surface area contributed by atoms with E-state index in [1.807, 2.05) is 24.3 Å². The van der Waals surface area contributed by atoms with Crippen molar-refractivity contribution >= 4 is 11.6 Å². The van der Waals surface area contributed by atoms with E-state index in [9.17, 15) is 4.79 Å². The van der Waals surface area contributed by atoms with Gasteiger partial charge in [-0.1, -0.05) is 32.4 Å². The predicted octanol–water partition coefficient (Wildman–Crippen LogP) is 2.69. The van der Waals surface area contributed by atoms with Crippen molar-refractivity contribution in [1.82, 2.24) is 0 Å². The van der Waals surface area contributed by atoms with Crippen molar-refractivity contribution in [2.45, 2.75) is 33.2 Å². The van der Waals surface area contributed by atoms with Gasteiger partial charge in [-0.3, -0.25) is 4.79 Å². The minimum Gasteiger partial charge on any atom is -0.326 e. The summed E-state index contributed by atoms with van der Waals surface area (Å²) in [6.07, 6.45) is 1.06. The third-order valence-corrected chi connectivity index (χ3v) is 2.87. The molecular weight excluding hydrogens is 200 g/mol. The van der Waals surface area contributed by atoms with Gasteiger partial charge in [-0.25, -0.2) is 0 Å². The second-order valence-corrected chi connectivity index (χ2v) is 4.21. The summed E-state index contributed by atoms with van der Waals surface area (Å²) >= 11 is 0. The van der Waals surface area contributed by atoms with Gasteiger partial charge in [0.05, 0.1) is 0 Å². The lowest BCUT2D eigenvalue weighted by atomic mass is 9.93. The van der Waals surface area contributed by atoms with Crippen LogP contribution in [0, 0.1) is 5.92 Å². The molecule has 0 aromatic heterocycles. The molecule has 0 aliphatic carbocycles. The molecule has 0 saturated carbocycles. The van der Waals surface area contributed by atoms with E-state index in [0.29, 0.717) is 5.92 Å². The molecule has 16 heavy (non-hydrogen) atoms. The van der Waals surface area contributed by atoms with Crippen molar-refractivity contribution < 1.29 is 4.79 Å². The summed E-state index contributed by atoms with van der Waals surface area (Å²) < 4.78 is 0. The average Bonchev–Trinajstić information content (AvgIpc) is 2.27. The van der Waals surface area contributed by atoms with E-state index in [1.165, 1.54) is 6.92 Å². The Bertz CT molecular complexity index is 345. The highest BCUT2D eigenvalue weighted by molar-refractivity contribution is 5.88. The number of hydrogen-bond donors (Lipinski definition) is 2. The molecule has 0 bridgehead atoms. The Balaban J connectivity index is 2.74. The first-order valence-corrected chi connectivity index (χ1v) is 5.67. The summed E-state index contributed by atoms with van der Waals surface area (Å²) in [4.78, 5) is 10.9. The monoisotopic (exact) mass is 220 g/mol. The Labute approximate surface area is 97.0 Å². The second kappa shape index (κ2) is 5.66. The van der Waals surface area contributed by atoms with Crippen LogP contribution in [0.4, 0.5) is 5.69 Å². The molecule has 0 radical (unpaired) electrons. The summed E-state index contributed by atoms with van der Waals surface area (Å²) in [5, 5.41) is 2.73. The number of rotatable bonds is 4. The molecule has 88 valence electrons. The first kappa shape index (κ1) is 12.7. The molecule has 0 aliphatic rings. The Kier molecular flexibility index (Phi) is 4.50. The van der Waals surface area contributed by atoms with Gasteiger partial charge in [0.15, 0.2) is 0 Å². The minimum absolute atomic E-state index is 0.0565. The van der Waals surface area contributed by atoms with Gasteiger partial charge in [0, 0.05) is 18.7 Å². The fraction of sp³-hybridized carbons (Fsp3) is 0.462. The minimum atomic E-state index is -0.0565. The van der Waals surface area contributed by atoms with Crippen LogP contribution in [0.1, 0.15) is 38.8 Å². The molecule has 0 aliphatic heterocycles. The maximum Gasteiger partial charge on any atom is 0.221 e. The standard InChI is InChI=1S/C13H20N2O/c1-4-9(2)13(14)11-5-7-12(8-6-11)15-10(3)16/h5-9,13H,4,14H2,1-3H3,(H,15,16)/t9?,13-/m0/s1. The van der Waals surface area contributed by atoms with Crippen molar-refractivity contribution in [1.29, 1.82) is 0 Å². The highest BCUT2D eigenvalue weighted by Crippen LogP contribution is 2.22. The van der Waals surface area contributed by atoms with Gasteiger partial charge < -0.3 is 11.1 Å². The largest absolute Gasteiger partial charge is 0.326 e. The Hall–Kier alpha value is -1.35. The quantitative estimate of drug-likeness (QED) is 0.819. The Morgan fingerprint density at radius 2 is 1.94 bits per heavy atom. The maximum absolute atomic E-state index is 10.9. The predicted molar refractivity (Wildman–Crippen MR) is 67.1 cm³/mol. The fourth-order valence-corrected chi connectivity index (χ4v) is 1.57. The van der Waals surface area contributed by atoms with E-state index in [2.05, 4.69) is 19.2 Å². The van der Waals surface area contributed by atoms with E-state index >= 15 is 0 Å². The van der Waals surface area contributed by atoms with Crippen LogP contribution in [0.5, 0.6) is 0 Å². The van der Waals surface area contributed by atoms with E-state index in [4.69, 9.17) is 5.73 Å². The Morgan fingerprint density at radius 3 is 2.38 bits per heavy atom. The third kappa shape index (κ3) is 3.35. The summed E-state index contributed by atoms with van der Waals surface area (Å²) in [5.41, 5.74) is 8.04. The number of nitrogens with two attached hydrogens (primary N) is 1. The highest BCUT2D eigenvalue weighted by atomic mass is 16.1. The van der Waals surface area contributed by atoms with Gasteiger partial charge in [-0.15, -0.1) is 0 Å². The molecule has 1 aromatic carbocycles. The lowest BCUT2D eigenvalue weighted by Crippen LogP contribution is -2.18. The number of nitrogens with one attached hydrogen (secondary N) is 1. The van der Waals surface area contributed by atoms with Gasteiger partial charge in [-0.2, -0.15) is 0 Å². The maximum atomic E-state index is 10.9. The molecule has 3 heteroatoms. The molecule has 1 aromatic rings. The number of benzene rings is 1. The molecule has 2 atom stereocenters. The van der Waals surface area contributed by atoms with Gasteiger partial charge in [-0.05, 0) is 23.6 Å². The average molecular weight is 220 g/mol. The molecule has 0 heterocycles. The third-order valence-electron chi connectivity index (χ3n) is 2.87. The van der Waals surface area contributed by atoms with E-state index in [0.717, 1.165) is 17.7 Å². The van der Waals surface area contributed by atoms with Gasteiger partial charge in [0.2, 0.25) is 5.91 Å².